The fourth-order valence-electron chi connectivity index (χ4n) is 2.85. The summed E-state index contributed by atoms with van der Waals surface area (Å²) in [6, 6.07) is 10.7. The Bertz CT molecular complexity index is 1170. The Morgan fingerprint density at radius 3 is 2.83 bits per heavy atom. The van der Waals surface area contributed by atoms with E-state index in [9.17, 15) is 0 Å². The van der Waals surface area contributed by atoms with Crippen molar-refractivity contribution in [1.82, 2.24) is 4.98 Å². The SMILES string of the molecule is Clc1c2nc(C3=CC=[C+]C=C3)sc2cc2c1sc1ccccc12. The highest BCUT2D eigenvalue weighted by atomic mass is 35.5. The Morgan fingerprint density at radius 2 is 1.96 bits per heavy atom. The fraction of sp³-hybridized carbons (Fsp3) is 0. The minimum absolute atomic E-state index is 0.767. The highest BCUT2D eigenvalue weighted by molar-refractivity contribution is 7.27. The van der Waals surface area contributed by atoms with E-state index in [0.717, 1.165) is 30.5 Å². The quantitative estimate of drug-likeness (QED) is 0.351. The molecule has 0 spiro atoms. The summed E-state index contributed by atoms with van der Waals surface area (Å²) in [6.07, 6.45) is 10.9. The van der Waals surface area contributed by atoms with Crippen LogP contribution in [0.4, 0.5) is 0 Å². The van der Waals surface area contributed by atoms with E-state index in [0.29, 0.717) is 0 Å². The first-order valence-electron chi connectivity index (χ1n) is 7.18. The van der Waals surface area contributed by atoms with Gasteiger partial charge in [-0.25, -0.2) is 4.98 Å². The minimum Gasteiger partial charge on any atom is -0.232 e. The Kier molecular flexibility index (Phi) is 2.91. The first kappa shape index (κ1) is 13.4. The third-order valence-corrected chi connectivity index (χ3v) is 6.67. The molecule has 0 amide bonds. The van der Waals surface area contributed by atoms with E-state index >= 15 is 0 Å². The van der Waals surface area contributed by atoms with Gasteiger partial charge in [-0.1, -0.05) is 29.8 Å². The van der Waals surface area contributed by atoms with E-state index in [2.05, 4.69) is 36.4 Å². The predicted octanol–water partition coefficient (Wildman–Crippen LogP) is 6.63. The van der Waals surface area contributed by atoms with Gasteiger partial charge in [0.15, 0.2) is 5.01 Å². The largest absolute Gasteiger partial charge is 0.232 e. The molecule has 4 heteroatoms. The maximum absolute atomic E-state index is 6.70. The van der Waals surface area contributed by atoms with Gasteiger partial charge in [-0.05, 0) is 12.1 Å². The van der Waals surface area contributed by atoms with Crippen LogP contribution in [0.1, 0.15) is 5.01 Å². The Hall–Kier alpha value is -2.03. The number of halogens is 1. The van der Waals surface area contributed by atoms with Gasteiger partial charge < -0.3 is 0 Å². The van der Waals surface area contributed by atoms with Gasteiger partial charge in [-0.15, -0.1) is 22.7 Å². The number of thiophene rings is 1. The zero-order chi connectivity index (χ0) is 15.4. The van der Waals surface area contributed by atoms with Crippen LogP contribution in [0.15, 0.2) is 54.6 Å². The maximum atomic E-state index is 6.70. The van der Waals surface area contributed by atoms with Crippen LogP contribution in [0, 0.1) is 6.08 Å². The number of benzene rings is 2. The molecule has 2 heterocycles. The fourth-order valence-corrected chi connectivity index (χ4v) is 5.41. The van der Waals surface area contributed by atoms with Crippen LogP contribution in [0.3, 0.4) is 0 Å². The third-order valence-electron chi connectivity index (χ3n) is 3.94. The minimum atomic E-state index is 0.767. The number of allylic oxidation sites excluding steroid dienone is 6. The molecule has 2 aromatic carbocycles. The van der Waals surface area contributed by atoms with Gasteiger partial charge in [-0.3, -0.25) is 0 Å². The van der Waals surface area contributed by atoms with Crippen LogP contribution in [0.2, 0.25) is 5.02 Å². The number of thiazole rings is 1. The van der Waals surface area contributed by atoms with Crippen molar-refractivity contribution >= 4 is 70.2 Å². The van der Waals surface area contributed by atoms with Crippen molar-refractivity contribution in [3.63, 3.8) is 0 Å². The second-order valence-electron chi connectivity index (χ2n) is 5.32. The summed E-state index contributed by atoms with van der Waals surface area (Å²) in [5.74, 6) is 0. The van der Waals surface area contributed by atoms with E-state index in [1.54, 1.807) is 22.7 Å². The molecule has 4 aromatic rings. The van der Waals surface area contributed by atoms with Crippen LogP contribution < -0.4 is 0 Å². The van der Waals surface area contributed by atoms with Crippen molar-refractivity contribution < 1.29 is 0 Å². The monoisotopic (exact) mass is 350 g/mol. The van der Waals surface area contributed by atoms with Crippen molar-refractivity contribution in [3.8, 4) is 0 Å². The summed E-state index contributed by atoms with van der Waals surface area (Å²) < 4.78 is 3.52. The molecule has 108 valence electrons. The lowest BCUT2D eigenvalue weighted by atomic mass is 10.1. The molecule has 0 aliphatic heterocycles. The van der Waals surface area contributed by atoms with Gasteiger partial charge in [0.25, 0.3) is 0 Å². The molecule has 0 N–H and O–H groups in total. The zero-order valence-corrected chi connectivity index (χ0v) is 14.2. The number of fused-ring (bicyclic) bond motifs is 4. The summed E-state index contributed by atoms with van der Waals surface area (Å²) in [5.41, 5.74) is 2.01. The molecule has 1 aliphatic rings. The van der Waals surface area contributed by atoms with Crippen LogP contribution in [0.25, 0.3) is 36.0 Å². The van der Waals surface area contributed by atoms with Crippen molar-refractivity contribution in [3.05, 3.63) is 70.7 Å². The second-order valence-corrected chi connectivity index (χ2v) is 7.78. The topological polar surface area (TPSA) is 12.9 Å². The molecule has 0 saturated carbocycles. The van der Waals surface area contributed by atoms with Crippen LogP contribution in [-0.2, 0) is 0 Å². The van der Waals surface area contributed by atoms with E-state index in [1.165, 1.54) is 15.5 Å². The summed E-state index contributed by atoms with van der Waals surface area (Å²) in [6.45, 7) is 0. The molecule has 5 rings (SSSR count). The highest BCUT2D eigenvalue weighted by Crippen LogP contribution is 2.43. The van der Waals surface area contributed by atoms with E-state index in [1.807, 2.05) is 24.3 Å². The van der Waals surface area contributed by atoms with Gasteiger partial charge in [0.05, 0.1) is 26.6 Å². The Labute approximate surface area is 145 Å². The number of aromatic nitrogens is 1. The summed E-state index contributed by atoms with van der Waals surface area (Å²) in [5, 5.41) is 4.25. The normalized spacial score (nSPS) is 13.9. The summed E-state index contributed by atoms with van der Waals surface area (Å²) in [7, 11) is 0. The van der Waals surface area contributed by atoms with Crippen LogP contribution >= 0.6 is 34.3 Å². The predicted molar refractivity (Wildman–Crippen MR) is 102 cm³/mol. The Morgan fingerprint density at radius 1 is 1.04 bits per heavy atom. The Balaban J connectivity index is 1.85. The molecular formula is C19H9ClNS2+. The zero-order valence-electron chi connectivity index (χ0n) is 11.8. The van der Waals surface area contributed by atoms with E-state index in [-0.39, 0.29) is 0 Å². The summed E-state index contributed by atoms with van der Waals surface area (Å²) >= 11 is 10.1. The molecule has 0 atom stereocenters. The number of nitrogens with zero attached hydrogens (tertiary/aromatic N) is 1. The van der Waals surface area contributed by atoms with Crippen molar-refractivity contribution in [2.24, 2.45) is 0 Å². The van der Waals surface area contributed by atoms with Crippen molar-refractivity contribution in [1.29, 1.82) is 0 Å². The van der Waals surface area contributed by atoms with Crippen LogP contribution in [-0.4, -0.2) is 4.98 Å². The molecular weight excluding hydrogens is 342 g/mol. The lowest BCUT2D eigenvalue weighted by Gasteiger charge is -1.95. The van der Waals surface area contributed by atoms with Gasteiger partial charge in [-0.2, -0.15) is 0 Å². The maximum Gasteiger partial charge on any atom is 0.151 e. The van der Waals surface area contributed by atoms with E-state index < -0.39 is 0 Å². The summed E-state index contributed by atoms with van der Waals surface area (Å²) in [4.78, 5) is 4.78. The molecule has 0 bridgehead atoms. The van der Waals surface area contributed by atoms with Gasteiger partial charge in [0.1, 0.15) is 23.2 Å². The smallest absolute Gasteiger partial charge is 0.151 e. The van der Waals surface area contributed by atoms with Crippen LogP contribution in [0.5, 0.6) is 0 Å². The number of rotatable bonds is 1. The second kappa shape index (κ2) is 4.98. The molecule has 2 aromatic heterocycles. The molecule has 0 radical (unpaired) electrons. The molecule has 0 unspecified atom stereocenters. The van der Waals surface area contributed by atoms with Gasteiger partial charge >= 0.3 is 0 Å². The molecule has 0 fully saturated rings. The van der Waals surface area contributed by atoms with Gasteiger partial charge in [0, 0.05) is 21.5 Å². The number of hydrogen-bond donors (Lipinski definition) is 0. The highest BCUT2D eigenvalue weighted by Gasteiger charge is 2.18. The first-order valence-corrected chi connectivity index (χ1v) is 9.19. The standard InChI is InChI=1S/C19H9ClNS2/c20-16-17-15(23-19(21-17)11-6-2-1-3-7-11)10-13-12-8-4-5-9-14(12)22-18(13)16/h2-10H/q+1. The van der Waals surface area contributed by atoms with Gasteiger partial charge in [0.2, 0.25) is 0 Å². The molecule has 1 nitrogen and oxygen atoms in total. The van der Waals surface area contributed by atoms with Crippen molar-refractivity contribution in [2.75, 3.05) is 0 Å². The molecule has 23 heavy (non-hydrogen) atoms. The lowest BCUT2D eigenvalue weighted by Crippen LogP contribution is -1.81. The van der Waals surface area contributed by atoms with E-state index in [4.69, 9.17) is 16.6 Å². The number of hydrogen-bond acceptors (Lipinski definition) is 3. The lowest BCUT2D eigenvalue weighted by molar-refractivity contribution is 1.44. The average molecular weight is 351 g/mol. The van der Waals surface area contributed by atoms with Crippen molar-refractivity contribution in [2.45, 2.75) is 0 Å². The molecule has 0 saturated heterocycles. The average Bonchev–Trinajstić information content (AvgIpc) is 3.18. The first-order chi connectivity index (χ1) is 11.3. The third kappa shape index (κ3) is 1.99. The molecule has 1 aliphatic carbocycles.